The molecule has 5 heterocycles. The van der Waals surface area contributed by atoms with Crippen LogP contribution in [0.3, 0.4) is 0 Å². The molecule has 5 aliphatic heterocycles. The first-order valence-corrected chi connectivity index (χ1v) is 6.79. The van der Waals surface area contributed by atoms with Crippen molar-refractivity contribution >= 4 is 5.96 Å². The van der Waals surface area contributed by atoms with Crippen LogP contribution in [0.15, 0.2) is 0 Å². The molecule has 9 atom stereocenters. The Balaban J connectivity index is 1.77. The molecule has 6 aliphatic rings. The van der Waals surface area contributed by atoms with E-state index in [0.717, 1.165) is 0 Å². The fourth-order valence-electron chi connectivity index (χ4n) is 4.72. The lowest BCUT2D eigenvalue weighted by atomic mass is 9.56. The number of guanidine groups is 1. The van der Waals surface area contributed by atoms with Crippen LogP contribution in [0.2, 0.25) is 0 Å². The lowest BCUT2D eigenvalue weighted by Crippen LogP contribution is -2.99. The van der Waals surface area contributed by atoms with Crippen LogP contribution in [-0.4, -0.2) is 80.7 Å². The van der Waals surface area contributed by atoms with Crippen molar-refractivity contribution in [1.82, 2.24) is 5.32 Å². The van der Waals surface area contributed by atoms with Gasteiger partial charge in [-0.2, -0.15) is 0 Å². The van der Waals surface area contributed by atoms with Gasteiger partial charge < -0.3 is 34.6 Å². The Morgan fingerprint density at radius 2 is 2.00 bits per heavy atom. The molecule has 5 fully saturated rings. The highest BCUT2D eigenvalue weighted by molar-refractivity contribution is 5.74. The van der Waals surface area contributed by atoms with Crippen molar-refractivity contribution in [1.29, 1.82) is 0 Å². The molecule has 1 spiro atoms. The van der Waals surface area contributed by atoms with Gasteiger partial charge in [-0.25, -0.2) is 0 Å². The Labute approximate surface area is 118 Å². The molecule has 10 heteroatoms. The molecule has 0 aromatic heterocycles. The van der Waals surface area contributed by atoms with Crippen molar-refractivity contribution in [2.45, 2.75) is 47.8 Å². The Kier molecular flexibility index (Phi) is 1.89. The van der Waals surface area contributed by atoms with Gasteiger partial charge in [-0.1, -0.05) is 0 Å². The summed E-state index contributed by atoms with van der Waals surface area (Å²) in [6.07, 6.45) is -5.13. The van der Waals surface area contributed by atoms with Crippen molar-refractivity contribution in [2.75, 3.05) is 6.61 Å². The molecule has 8 N–H and O–H groups in total. The van der Waals surface area contributed by atoms with Gasteiger partial charge in [0.2, 0.25) is 0 Å². The number of nitrogens with two attached hydrogens (primary N) is 1. The van der Waals surface area contributed by atoms with E-state index in [4.69, 9.17) is 19.9 Å². The summed E-state index contributed by atoms with van der Waals surface area (Å²) in [5.74, 6) is -2.46. The van der Waals surface area contributed by atoms with E-state index in [1.165, 1.54) is 0 Å². The maximum Gasteiger partial charge on any atom is 0.343 e. The van der Waals surface area contributed by atoms with E-state index < -0.39 is 60.3 Å². The topological polar surface area (TPSA) is 161 Å². The number of nitrogens with one attached hydrogen (secondary N) is 2. The minimum absolute atomic E-state index is 0.205. The van der Waals surface area contributed by atoms with Crippen molar-refractivity contribution < 1.29 is 39.6 Å². The highest BCUT2D eigenvalue weighted by atomic mass is 16.9. The third-order valence-electron chi connectivity index (χ3n) is 5.51. The predicted octanol–water partition coefficient (Wildman–Crippen LogP) is -6.39. The minimum atomic E-state index is -2.11. The summed E-state index contributed by atoms with van der Waals surface area (Å²) in [5, 5.41) is 44.5. The van der Waals surface area contributed by atoms with Gasteiger partial charge in [0.1, 0.15) is 23.9 Å². The average molecular weight is 302 g/mol. The van der Waals surface area contributed by atoms with Gasteiger partial charge in [0.15, 0.2) is 17.9 Å². The molecule has 0 aromatic carbocycles. The van der Waals surface area contributed by atoms with Crippen LogP contribution in [0.5, 0.6) is 0 Å². The Morgan fingerprint density at radius 1 is 1.29 bits per heavy atom. The van der Waals surface area contributed by atoms with Gasteiger partial charge in [-0.05, 0) is 0 Å². The average Bonchev–Trinajstić information content (AvgIpc) is 2.59. The van der Waals surface area contributed by atoms with Crippen molar-refractivity contribution in [3.63, 3.8) is 0 Å². The van der Waals surface area contributed by atoms with Crippen LogP contribution in [0.1, 0.15) is 0 Å². The lowest BCUT2D eigenvalue weighted by molar-refractivity contribution is -0.574. The van der Waals surface area contributed by atoms with Gasteiger partial charge in [0, 0.05) is 0 Å². The van der Waals surface area contributed by atoms with Gasteiger partial charge in [-0.15, -0.1) is 0 Å². The lowest BCUT2D eigenvalue weighted by Gasteiger charge is -2.66. The molecule has 7 bridgehead atoms. The molecule has 10 nitrogen and oxygen atoms in total. The summed E-state index contributed by atoms with van der Waals surface area (Å²) < 4.78 is 16.5. The zero-order valence-electron chi connectivity index (χ0n) is 10.8. The third-order valence-corrected chi connectivity index (χ3v) is 5.51. The van der Waals surface area contributed by atoms with Gasteiger partial charge in [0.25, 0.3) is 0 Å². The van der Waals surface area contributed by atoms with E-state index in [2.05, 4.69) is 10.3 Å². The van der Waals surface area contributed by atoms with E-state index in [0.29, 0.717) is 0 Å². The zero-order valence-corrected chi connectivity index (χ0v) is 10.8. The number of rotatable bonds is 1. The number of hydrogen-bond acceptors (Lipinski definition) is 9. The molecule has 0 amide bonds. The molecule has 4 saturated heterocycles. The number of aliphatic hydroxyl groups is 4. The first-order chi connectivity index (χ1) is 9.87. The van der Waals surface area contributed by atoms with Crippen LogP contribution in [0, 0.1) is 5.92 Å². The zero-order chi connectivity index (χ0) is 14.8. The summed E-state index contributed by atoms with van der Waals surface area (Å²) in [5.41, 5.74) is 2.81. The van der Waals surface area contributed by atoms with E-state index in [1.807, 2.05) is 0 Å². The molecule has 6 rings (SSSR count). The van der Waals surface area contributed by atoms with Crippen LogP contribution in [0.4, 0.5) is 0 Å². The number of hydrogen-bond donors (Lipinski definition) is 7. The first-order valence-electron chi connectivity index (χ1n) is 6.79. The van der Waals surface area contributed by atoms with E-state index in [1.54, 1.807) is 0 Å². The SMILES string of the molecule is NC1=[NH+]C2OC3C4(O)OC5C(O)C3(N1)C2C(O4)C5(O)CO. The van der Waals surface area contributed by atoms with Crippen LogP contribution < -0.4 is 16.0 Å². The summed E-state index contributed by atoms with van der Waals surface area (Å²) in [7, 11) is 0. The quantitative estimate of drug-likeness (QED) is 0.250. The molecule has 0 aromatic rings. The molecule has 21 heavy (non-hydrogen) atoms. The Morgan fingerprint density at radius 3 is 2.71 bits per heavy atom. The van der Waals surface area contributed by atoms with Crippen LogP contribution in [-0.2, 0) is 14.2 Å². The Bertz CT molecular complexity index is 574. The van der Waals surface area contributed by atoms with Crippen molar-refractivity contribution in [3.05, 3.63) is 0 Å². The normalized spacial score (nSPS) is 66.2. The maximum absolute atomic E-state index is 10.7. The summed E-state index contributed by atoms with van der Waals surface area (Å²) in [6, 6.07) is 0. The van der Waals surface area contributed by atoms with Gasteiger partial charge >= 0.3 is 11.9 Å². The number of aliphatic hydroxyl groups excluding tert-OH is 2. The molecular weight excluding hydrogens is 286 g/mol. The predicted molar refractivity (Wildman–Crippen MR) is 60.9 cm³/mol. The van der Waals surface area contributed by atoms with E-state index >= 15 is 0 Å². The largest absolute Gasteiger partial charge is 0.393 e. The van der Waals surface area contributed by atoms with Crippen molar-refractivity contribution in [2.24, 2.45) is 11.7 Å². The molecule has 116 valence electrons. The van der Waals surface area contributed by atoms with Crippen LogP contribution >= 0.6 is 0 Å². The van der Waals surface area contributed by atoms with Gasteiger partial charge in [-0.3, -0.25) is 16.0 Å². The molecular formula is C11H16N3O7+. The summed E-state index contributed by atoms with van der Waals surface area (Å²) in [4.78, 5) is 2.85. The molecule has 9 unspecified atom stereocenters. The highest BCUT2D eigenvalue weighted by Gasteiger charge is 2.88. The molecule has 1 saturated carbocycles. The van der Waals surface area contributed by atoms with E-state index in [9.17, 15) is 20.4 Å². The van der Waals surface area contributed by atoms with E-state index in [-0.39, 0.29) is 5.96 Å². The second-order valence-electron chi connectivity index (χ2n) is 6.38. The third kappa shape index (κ3) is 1.03. The monoisotopic (exact) mass is 302 g/mol. The highest BCUT2D eigenvalue weighted by Crippen LogP contribution is 2.61. The smallest absolute Gasteiger partial charge is 0.343 e. The number of ether oxygens (including phenoxy) is 3. The maximum atomic E-state index is 10.7. The first kappa shape index (κ1) is 12.5. The second-order valence-corrected chi connectivity index (χ2v) is 6.38. The summed E-state index contributed by atoms with van der Waals surface area (Å²) >= 11 is 0. The fourth-order valence-corrected chi connectivity index (χ4v) is 4.72. The standard InChI is InChI=1S/C11H15N3O7/c12-8-13-6-2-4-9(17,1-15)5-3(16)10(2,14-8)7(19-6)11(18,20-4)21-5/h2-7,15-18H,1H2,(H3,12,13,14)/p+1. The summed E-state index contributed by atoms with van der Waals surface area (Å²) in [6.45, 7) is -0.682. The molecule has 1 aliphatic carbocycles. The second kappa shape index (κ2) is 3.18. The Hall–Kier alpha value is -1.01. The van der Waals surface area contributed by atoms with Crippen molar-refractivity contribution in [3.8, 4) is 0 Å². The van der Waals surface area contributed by atoms with Gasteiger partial charge in [0.05, 0.1) is 12.5 Å². The fraction of sp³-hybridized carbons (Fsp3) is 0.909. The van der Waals surface area contributed by atoms with Crippen LogP contribution in [0.25, 0.3) is 0 Å². The minimum Gasteiger partial charge on any atom is -0.393 e. The molecule has 0 radical (unpaired) electrons.